The van der Waals surface area contributed by atoms with Crippen LogP contribution in [0.5, 0.6) is 0 Å². The van der Waals surface area contributed by atoms with E-state index in [9.17, 15) is 4.79 Å². The Kier molecular flexibility index (Phi) is 3.67. The lowest BCUT2D eigenvalue weighted by molar-refractivity contribution is 0.0958. The number of carbonyl (C=O) groups excluding carboxylic acids is 1. The van der Waals surface area contributed by atoms with Crippen LogP contribution in [0, 0.1) is 19.8 Å². The van der Waals surface area contributed by atoms with Gasteiger partial charge in [-0.25, -0.2) is 0 Å². The molecule has 0 fully saturated rings. The van der Waals surface area contributed by atoms with E-state index >= 15 is 0 Å². The summed E-state index contributed by atoms with van der Waals surface area (Å²) in [5.41, 5.74) is 15.8. The van der Waals surface area contributed by atoms with Gasteiger partial charge in [0.25, 0.3) is 0 Å². The van der Waals surface area contributed by atoms with Gasteiger partial charge in [0, 0.05) is 5.56 Å². The van der Waals surface area contributed by atoms with Crippen LogP contribution >= 0.6 is 0 Å². The van der Waals surface area contributed by atoms with Crippen LogP contribution in [0.3, 0.4) is 0 Å². The molecule has 2 rings (SSSR count). The minimum absolute atomic E-state index is 0.106. The quantitative estimate of drug-likeness (QED) is 0.493. The zero-order valence-corrected chi connectivity index (χ0v) is 12.5. The van der Waals surface area contributed by atoms with Gasteiger partial charge in [-0.1, -0.05) is 29.8 Å². The molecule has 0 radical (unpaired) electrons. The zero-order chi connectivity index (χ0) is 15.1. The first-order valence-corrected chi connectivity index (χ1v) is 6.81. The number of Topliss-reactive ketones (excluding diaryl/α,β-unsaturated/α-hetero) is 1. The van der Waals surface area contributed by atoms with Crippen molar-refractivity contribution in [2.75, 3.05) is 0 Å². The molecule has 1 aromatic carbocycles. The predicted molar refractivity (Wildman–Crippen MR) is 82.4 cm³/mol. The van der Waals surface area contributed by atoms with Gasteiger partial charge < -0.3 is 11.5 Å². The van der Waals surface area contributed by atoms with E-state index in [-0.39, 0.29) is 11.7 Å². The number of aryl methyl sites for hydroxylation is 1. The van der Waals surface area contributed by atoms with E-state index in [4.69, 9.17) is 11.5 Å². The Morgan fingerprint density at radius 2 is 1.80 bits per heavy atom. The molecule has 0 spiro atoms. The molecule has 0 saturated carbocycles. The molecule has 4 N–H and O–H groups in total. The highest BCUT2D eigenvalue weighted by molar-refractivity contribution is 6.02. The maximum Gasteiger partial charge on any atom is 0.174 e. The van der Waals surface area contributed by atoms with Crippen LogP contribution in [0.2, 0.25) is 0 Å². The number of nitrogens with two attached hydrogens (primary N) is 2. The van der Waals surface area contributed by atoms with Crippen molar-refractivity contribution in [1.29, 1.82) is 0 Å². The van der Waals surface area contributed by atoms with E-state index in [1.165, 1.54) is 0 Å². The molecule has 0 aromatic heterocycles. The normalized spacial score (nSPS) is 21.2. The van der Waals surface area contributed by atoms with E-state index in [1.807, 2.05) is 52.0 Å². The lowest BCUT2D eigenvalue weighted by Gasteiger charge is -2.31. The summed E-state index contributed by atoms with van der Waals surface area (Å²) in [5.74, 6) is -0.162. The smallest absolute Gasteiger partial charge is 0.174 e. The van der Waals surface area contributed by atoms with Gasteiger partial charge in [0.2, 0.25) is 0 Å². The second-order valence-electron chi connectivity index (χ2n) is 5.69. The fourth-order valence-electron chi connectivity index (χ4n) is 2.57. The first-order valence-electron chi connectivity index (χ1n) is 6.81. The van der Waals surface area contributed by atoms with Crippen molar-refractivity contribution >= 4 is 5.78 Å². The first-order chi connectivity index (χ1) is 9.25. The van der Waals surface area contributed by atoms with Crippen LogP contribution in [0.25, 0.3) is 0 Å². The van der Waals surface area contributed by atoms with Gasteiger partial charge in [0.15, 0.2) is 5.78 Å². The highest BCUT2D eigenvalue weighted by atomic mass is 16.1. The monoisotopic (exact) mass is 270 g/mol. The van der Waals surface area contributed by atoms with Gasteiger partial charge in [0.05, 0.1) is 5.92 Å². The third kappa shape index (κ3) is 2.35. The van der Waals surface area contributed by atoms with Crippen molar-refractivity contribution in [2.24, 2.45) is 17.4 Å². The van der Waals surface area contributed by atoms with Crippen LogP contribution in [0.4, 0.5) is 0 Å². The number of benzene rings is 1. The van der Waals surface area contributed by atoms with Crippen molar-refractivity contribution in [2.45, 2.75) is 33.4 Å². The molecule has 1 aromatic rings. The molecule has 0 aliphatic heterocycles. The van der Waals surface area contributed by atoms with Crippen LogP contribution in [-0.4, -0.2) is 11.4 Å². The van der Waals surface area contributed by atoms with Crippen molar-refractivity contribution in [3.05, 3.63) is 58.2 Å². The molecule has 106 valence electrons. The Balaban J connectivity index is 2.43. The molecular weight excluding hydrogens is 248 g/mol. The summed E-state index contributed by atoms with van der Waals surface area (Å²) in [6.45, 7) is 7.82. The lowest BCUT2D eigenvalue weighted by atomic mass is 9.79. The Bertz CT molecular complexity index is 624. The number of ketones is 1. The molecule has 0 saturated heterocycles. The Labute approximate surface area is 120 Å². The highest BCUT2D eigenvalue weighted by Gasteiger charge is 2.31. The molecule has 3 heteroatoms. The third-order valence-corrected chi connectivity index (χ3v) is 4.42. The van der Waals surface area contributed by atoms with Crippen molar-refractivity contribution in [3.8, 4) is 0 Å². The summed E-state index contributed by atoms with van der Waals surface area (Å²) in [6.07, 6.45) is 3.55. The SMILES string of the molecule is CC1=C(C)C(N)(N)C=CC1C(=O)c1cccc(C)c1C. The molecule has 1 unspecified atom stereocenters. The van der Waals surface area contributed by atoms with Crippen LogP contribution in [0.15, 0.2) is 41.5 Å². The molecular formula is C17H22N2O. The fraction of sp³-hybridized carbons (Fsp3) is 0.353. The van der Waals surface area contributed by atoms with E-state index in [0.29, 0.717) is 0 Å². The Morgan fingerprint density at radius 3 is 2.45 bits per heavy atom. The summed E-state index contributed by atoms with van der Waals surface area (Å²) in [7, 11) is 0. The van der Waals surface area contributed by atoms with E-state index in [2.05, 4.69) is 0 Å². The standard InChI is InChI=1S/C17H22N2O/c1-10-6-5-7-14(11(10)2)16(20)15-8-9-17(18,19)13(4)12(15)3/h5-9,15H,18-19H2,1-4H3. The predicted octanol–water partition coefficient (Wildman–Crippen LogP) is 2.62. The second-order valence-corrected chi connectivity index (χ2v) is 5.69. The highest BCUT2D eigenvalue weighted by Crippen LogP contribution is 2.30. The van der Waals surface area contributed by atoms with Crippen LogP contribution in [-0.2, 0) is 0 Å². The van der Waals surface area contributed by atoms with Gasteiger partial charge in [-0.15, -0.1) is 0 Å². The van der Waals surface area contributed by atoms with Gasteiger partial charge in [-0.2, -0.15) is 0 Å². The number of hydrogen-bond acceptors (Lipinski definition) is 3. The van der Waals surface area contributed by atoms with E-state index < -0.39 is 5.66 Å². The van der Waals surface area contributed by atoms with Gasteiger partial charge in [0.1, 0.15) is 5.66 Å². The maximum atomic E-state index is 12.8. The maximum absolute atomic E-state index is 12.8. The topological polar surface area (TPSA) is 69.1 Å². The average molecular weight is 270 g/mol. The summed E-state index contributed by atoms with van der Waals surface area (Å²) in [4.78, 5) is 12.8. The molecule has 1 aliphatic carbocycles. The molecule has 1 atom stereocenters. The van der Waals surface area contributed by atoms with Crippen molar-refractivity contribution in [3.63, 3.8) is 0 Å². The first kappa shape index (κ1) is 14.7. The molecule has 0 amide bonds. The molecule has 3 nitrogen and oxygen atoms in total. The average Bonchev–Trinajstić information content (AvgIpc) is 2.39. The van der Waals surface area contributed by atoms with Gasteiger partial charge in [-0.3, -0.25) is 4.79 Å². The molecule has 0 heterocycles. The summed E-state index contributed by atoms with van der Waals surface area (Å²) in [5, 5.41) is 0. The second kappa shape index (κ2) is 5.00. The van der Waals surface area contributed by atoms with Crippen LogP contribution in [0.1, 0.15) is 35.3 Å². The number of rotatable bonds is 2. The molecule has 1 aliphatic rings. The lowest BCUT2D eigenvalue weighted by Crippen LogP contribution is -2.50. The minimum atomic E-state index is -0.942. The molecule has 20 heavy (non-hydrogen) atoms. The van der Waals surface area contributed by atoms with Crippen molar-refractivity contribution < 1.29 is 4.79 Å². The number of allylic oxidation sites excluding steroid dienone is 2. The molecule has 0 bridgehead atoms. The summed E-state index contributed by atoms with van der Waals surface area (Å²) in [6, 6.07) is 5.82. The summed E-state index contributed by atoms with van der Waals surface area (Å²) >= 11 is 0. The van der Waals surface area contributed by atoms with Gasteiger partial charge >= 0.3 is 0 Å². The summed E-state index contributed by atoms with van der Waals surface area (Å²) < 4.78 is 0. The van der Waals surface area contributed by atoms with Crippen molar-refractivity contribution in [1.82, 2.24) is 0 Å². The number of hydrogen-bond donors (Lipinski definition) is 2. The van der Waals surface area contributed by atoms with Gasteiger partial charge in [-0.05, 0) is 50.5 Å². The Hall–Kier alpha value is -1.71. The van der Waals surface area contributed by atoms with E-state index in [1.54, 1.807) is 6.08 Å². The minimum Gasteiger partial charge on any atom is -0.307 e. The van der Waals surface area contributed by atoms with Crippen LogP contribution < -0.4 is 11.5 Å². The third-order valence-electron chi connectivity index (χ3n) is 4.42. The zero-order valence-electron chi connectivity index (χ0n) is 12.5. The Morgan fingerprint density at radius 1 is 1.15 bits per heavy atom. The number of carbonyl (C=O) groups is 1. The largest absolute Gasteiger partial charge is 0.307 e. The van der Waals surface area contributed by atoms with E-state index in [0.717, 1.165) is 27.8 Å². The fourth-order valence-corrected chi connectivity index (χ4v) is 2.57.